The van der Waals surface area contributed by atoms with Crippen molar-refractivity contribution in [3.63, 3.8) is 0 Å². The molecule has 1 aromatic heterocycles. The lowest BCUT2D eigenvalue weighted by Crippen LogP contribution is -2.11. The van der Waals surface area contributed by atoms with Crippen LogP contribution in [-0.4, -0.2) is 25.6 Å². The van der Waals surface area contributed by atoms with Gasteiger partial charge in [-0.05, 0) is 31.0 Å². The number of hydrogen-bond donors (Lipinski definition) is 1. The molecule has 7 heteroatoms. The number of sulfone groups is 1. The average molecular weight is 338 g/mol. The Hall–Kier alpha value is -1.73. The number of aromatic nitrogens is 1. The second-order valence-corrected chi connectivity index (χ2v) is 8.32. The summed E-state index contributed by atoms with van der Waals surface area (Å²) in [5.74, 6) is -0.194. The van der Waals surface area contributed by atoms with Gasteiger partial charge in [-0.15, -0.1) is 11.3 Å². The SMILES string of the molecule is CCc1nc(C)c(C(=O)Nc2ccc(CS(C)(=O)=O)cc2)s1. The highest BCUT2D eigenvalue weighted by Crippen LogP contribution is 2.20. The summed E-state index contributed by atoms with van der Waals surface area (Å²) >= 11 is 1.40. The average Bonchev–Trinajstić information content (AvgIpc) is 2.81. The molecular weight excluding hydrogens is 320 g/mol. The van der Waals surface area contributed by atoms with Gasteiger partial charge in [-0.3, -0.25) is 4.79 Å². The Morgan fingerprint density at radius 3 is 2.41 bits per heavy atom. The van der Waals surface area contributed by atoms with Crippen molar-refractivity contribution < 1.29 is 13.2 Å². The van der Waals surface area contributed by atoms with E-state index in [0.717, 1.165) is 17.1 Å². The molecular formula is C15H18N2O3S2. The Kier molecular flexibility index (Phi) is 4.97. The van der Waals surface area contributed by atoms with Crippen molar-refractivity contribution in [2.24, 2.45) is 0 Å². The molecule has 1 N–H and O–H groups in total. The smallest absolute Gasteiger partial charge is 0.267 e. The van der Waals surface area contributed by atoms with E-state index < -0.39 is 9.84 Å². The maximum Gasteiger partial charge on any atom is 0.267 e. The van der Waals surface area contributed by atoms with Crippen LogP contribution in [0.2, 0.25) is 0 Å². The quantitative estimate of drug-likeness (QED) is 0.909. The molecule has 22 heavy (non-hydrogen) atoms. The predicted molar refractivity (Wildman–Crippen MR) is 89.2 cm³/mol. The van der Waals surface area contributed by atoms with E-state index in [1.165, 1.54) is 17.6 Å². The number of thiazole rings is 1. The molecule has 0 saturated carbocycles. The van der Waals surface area contributed by atoms with E-state index in [-0.39, 0.29) is 11.7 Å². The van der Waals surface area contributed by atoms with E-state index in [0.29, 0.717) is 16.1 Å². The van der Waals surface area contributed by atoms with E-state index in [1.54, 1.807) is 24.3 Å². The number of benzene rings is 1. The first-order valence-corrected chi connectivity index (χ1v) is 9.70. The number of carbonyl (C=O) groups excluding carboxylic acids is 1. The minimum absolute atomic E-state index is 0.00492. The van der Waals surface area contributed by atoms with Gasteiger partial charge >= 0.3 is 0 Å². The highest BCUT2D eigenvalue weighted by molar-refractivity contribution is 7.89. The van der Waals surface area contributed by atoms with E-state index in [9.17, 15) is 13.2 Å². The lowest BCUT2D eigenvalue weighted by atomic mass is 10.2. The van der Waals surface area contributed by atoms with Crippen molar-refractivity contribution in [1.82, 2.24) is 4.98 Å². The number of carbonyl (C=O) groups is 1. The second-order valence-electron chi connectivity index (χ2n) is 5.10. The molecule has 1 heterocycles. The summed E-state index contributed by atoms with van der Waals surface area (Å²) in [5.41, 5.74) is 2.06. The molecule has 1 amide bonds. The molecule has 5 nitrogen and oxygen atoms in total. The van der Waals surface area contributed by atoms with Crippen LogP contribution in [0.25, 0.3) is 0 Å². The van der Waals surface area contributed by atoms with Crippen LogP contribution in [-0.2, 0) is 22.0 Å². The lowest BCUT2D eigenvalue weighted by molar-refractivity contribution is 0.103. The topological polar surface area (TPSA) is 76.1 Å². The van der Waals surface area contributed by atoms with Crippen LogP contribution in [0.3, 0.4) is 0 Å². The van der Waals surface area contributed by atoms with Gasteiger partial charge in [0.2, 0.25) is 0 Å². The molecule has 0 saturated heterocycles. The summed E-state index contributed by atoms with van der Waals surface area (Å²) in [6.07, 6.45) is 2.00. The number of amides is 1. The maximum absolute atomic E-state index is 12.2. The largest absolute Gasteiger partial charge is 0.321 e. The number of anilines is 1. The van der Waals surface area contributed by atoms with Gasteiger partial charge in [-0.25, -0.2) is 13.4 Å². The Bertz CT molecular complexity index is 778. The molecule has 2 aromatic rings. The summed E-state index contributed by atoms with van der Waals surface area (Å²) in [6.45, 7) is 3.82. The molecule has 118 valence electrons. The molecule has 1 aromatic carbocycles. The highest BCUT2D eigenvalue weighted by atomic mass is 32.2. The molecule has 0 bridgehead atoms. The summed E-state index contributed by atoms with van der Waals surface area (Å²) < 4.78 is 22.5. The fraction of sp³-hybridized carbons (Fsp3) is 0.333. The number of nitrogens with one attached hydrogen (secondary N) is 1. The summed E-state index contributed by atoms with van der Waals surface area (Å²) in [6, 6.07) is 6.81. The molecule has 0 aliphatic rings. The first-order valence-electron chi connectivity index (χ1n) is 6.83. The number of aryl methyl sites for hydroxylation is 2. The Morgan fingerprint density at radius 2 is 1.91 bits per heavy atom. The second kappa shape index (κ2) is 6.58. The monoisotopic (exact) mass is 338 g/mol. The molecule has 0 unspecified atom stereocenters. The Balaban J connectivity index is 2.10. The number of rotatable bonds is 5. The molecule has 0 fully saturated rings. The summed E-state index contributed by atoms with van der Waals surface area (Å²) in [4.78, 5) is 17.2. The van der Waals surface area contributed by atoms with Crippen molar-refractivity contribution in [2.45, 2.75) is 26.0 Å². The van der Waals surface area contributed by atoms with Gasteiger partial charge in [-0.1, -0.05) is 19.1 Å². The zero-order valence-electron chi connectivity index (χ0n) is 12.7. The standard InChI is InChI=1S/C15H18N2O3S2/c1-4-13-16-10(2)14(21-13)15(18)17-12-7-5-11(6-8-12)9-22(3,19)20/h5-8H,4,9H2,1-3H3,(H,17,18). The van der Waals surface area contributed by atoms with Crippen molar-refractivity contribution in [2.75, 3.05) is 11.6 Å². The zero-order valence-corrected chi connectivity index (χ0v) is 14.3. The van der Waals surface area contributed by atoms with Crippen LogP contribution >= 0.6 is 11.3 Å². The zero-order chi connectivity index (χ0) is 16.3. The Labute approximate surface area is 134 Å². The third-order valence-corrected chi connectivity index (χ3v) is 5.15. The Morgan fingerprint density at radius 1 is 1.27 bits per heavy atom. The van der Waals surface area contributed by atoms with E-state index in [1.807, 2.05) is 13.8 Å². The van der Waals surface area contributed by atoms with Crippen LogP contribution in [0.4, 0.5) is 5.69 Å². The minimum Gasteiger partial charge on any atom is -0.321 e. The van der Waals surface area contributed by atoms with Gasteiger partial charge in [0, 0.05) is 11.9 Å². The molecule has 0 radical (unpaired) electrons. The van der Waals surface area contributed by atoms with Gasteiger partial charge in [0.15, 0.2) is 9.84 Å². The van der Waals surface area contributed by atoms with Crippen molar-refractivity contribution >= 4 is 32.8 Å². The first kappa shape index (κ1) is 16.6. The maximum atomic E-state index is 12.2. The summed E-state index contributed by atoms with van der Waals surface area (Å²) in [7, 11) is -3.06. The van der Waals surface area contributed by atoms with Crippen LogP contribution in [0.1, 0.15) is 32.9 Å². The normalized spacial score (nSPS) is 11.4. The number of hydrogen-bond acceptors (Lipinski definition) is 5. The van der Waals surface area contributed by atoms with E-state index in [4.69, 9.17) is 0 Å². The minimum atomic E-state index is -3.06. The molecule has 0 aliphatic carbocycles. The third-order valence-electron chi connectivity index (χ3n) is 2.99. The summed E-state index contributed by atoms with van der Waals surface area (Å²) in [5, 5.41) is 3.74. The highest BCUT2D eigenvalue weighted by Gasteiger charge is 2.14. The van der Waals surface area contributed by atoms with Gasteiger partial charge < -0.3 is 5.32 Å². The van der Waals surface area contributed by atoms with Crippen LogP contribution in [0.5, 0.6) is 0 Å². The fourth-order valence-corrected chi connectivity index (χ4v) is 3.69. The van der Waals surface area contributed by atoms with E-state index in [2.05, 4.69) is 10.3 Å². The molecule has 0 spiro atoms. The van der Waals surface area contributed by atoms with E-state index >= 15 is 0 Å². The predicted octanol–water partition coefficient (Wildman–Crippen LogP) is 2.81. The lowest BCUT2D eigenvalue weighted by Gasteiger charge is -2.05. The van der Waals surface area contributed by atoms with Crippen molar-refractivity contribution in [1.29, 1.82) is 0 Å². The number of nitrogens with zero attached hydrogens (tertiary/aromatic N) is 1. The van der Waals surface area contributed by atoms with Crippen LogP contribution in [0.15, 0.2) is 24.3 Å². The van der Waals surface area contributed by atoms with Crippen molar-refractivity contribution in [3.05, 3.63) is 45.4 Å². The van der Waals surface area contributed by atoms with Crippen LogP contribution in [0, 0.1) is 6.92 Å². The van der Waals surface area contributed by atoms with Crippen LogP contribution < -0.4 is 5.32 Å². The van der Waals surface area contributed by atoms with Crippen molar-refractivity contribution in [3.8, 4) is 0 Å². The van der Waals surface area contributed by atoms with Gasteiger partial charge in [0.05, 0.1) is 16.5 Å². The third kappa shape index (κ3) is 4.38. The van der Waals surface area contributed by atoms with Gasteiger partial charge in [0.1, 0.15) is 4.88 Å². The molecule has 2 rings (SSSR count). The fourth-order valence-electron chi connectivity index (χ4n) is 1.99. The first-order chi connectivity index (χ1) is 10.3. The molecule has 0 aliphatic heterocycles. The van der Waals surface area contributed by atoms with Gasteiger partial charge in [-0.2, -0.15) is 0 Å². The van der Waals surface area contributed by atoms with Gasteiger partial charge in [0.25, 0.3) is 5.91 Å². The molecule has 0 atom stereocenters.